The van der Waals surface area contributed by atoms with Crippen molar-refractivity contribution in [3.8, 4) is 11.5 Å². The van der Waals surface area contributed by atoms with Crippen molar-refractivity contribution in [2.45, 2.75) is 12.3 Å². The van der Waals surface area contributed by atoms with Gasteiger partial charge in [-0.05, 0) is 35.4 Å². The molecule has 0 radical (unpaired) electrons. The Morgan fingerprint density at radius 2 is 1.64 bits per heavy atom. The number of hydrogen-bond donors (Lipinski definition) is 1. The van der Waals surface area contributed by atoms with E-state index in [1.54, 1.807) is 44.6 Å². The van der Waals surface area contributed by atoms with Crippen molar-refractivity contribution in [2.75, 3.05) is 20.5 Å². The summed E-state index contributed by atoms with van der Waals surface area (Å²) in [5.74, 6) is 0.899. The lowest BCUT2D eigenvalue weighted by atomic mass is 10.1. The summed E-state index contributed by atoms with van der Waals surface area (Å²) in [4.78, 5) is 12.3. The molecule has 0 atom stereocenters. The Kier molecular flexibility index (Phi) is 6.03. The molecule has 7 heteroatoms. The lowest BCUT2D eigenvalue weighted by Crippen LogP contribution is -2.23. The fourth-order valence-corrected chi connectivity index (χ4v) is 3.14. The lowest BCUT2D eigenvalue weighted by Gasteiger charge is -2.10. The number of sulfone groups is 1. The average molecular weight is 363 g/mol. The van der Waals surface area contributed by atoms with Gasteiger partial charge in [-0.3, -0.25) is 4.79 Å². The van der Waals surface area contributed by atoms with Crippen LogP contribution in [-0.4, -0.2) is 34.8 Å². The van der Waals surface area contributed by atoms with Gasteiger partial charge in [0.1, 0.15) is 11.5 Å². The Bertz CT molecular complexity index is 839. The van der Waals surface area contributed by atoms with E-state index in [0.717, 1.165) is 11.8 Å². The molecule has 0 fully saturated rings. The van der Waals surface area contributed by atoms with Crippen LogP contribution >= 0.6 is 0 Å². The largest absolute Gasteiger partial charge is 0.497 e. The maximum atomic E-state index is 12.3. The zero-order valence-electron chi connectivity index (χ0n) is 14.4. The third-order valence-electron chi connectivity index (χ3n) is 3.48. The molecule has 0 heterocycles. The lowest BCUT2D eigenvalue weighted by molar-refractivity contribution is 0.0950. The van der Waals surface area contributed by atoms with Gasteiger partial charge in [-0.15, -0.1) is 0 Å². The van der Waals surface area contributed by atoms with Crippen LogP contribution in [0.2, 0.25) is 0 Å². The van der Waals surface area contributed by atoms with Gasteiger partial charge in [-0.2, -0.15) is 0 Å². The van der Waals surface area contributed by atoms with E-state index in [4.69, 9.17) is 9.47 Å². The van der Waals surface area contributed by atoms with E-state index in [2.05, 4.69) is 5.32 Å². The molecule has 2 aromatic rings. The summed E-state index contributed by atoms with van der Waals surface area (Å²) < 4.78 is 33.2. The molecular weight excluding hydrogens is 342 g/mol. The Hall–Kier alpha value is -2.54. The van der Waals surface area contributed by atoms with Gasteiger partial charge < -0.3 is 14.8 Å². The molecule has 1 amide bonds. The van der Waals surface area contributed by atoms with E-state index in [9.17, 15) is 13.2 Å². The van der Waals surface area contributed by atoms with Crippen LogP contribution in [-0.2, 0) is 22.1 Å². The second-order valence-corrected chi connectivity index (χ2v) is 7.81. The minimum atomic E-state index is -3.15. The summed E-state index contributed by atoms with van der Waals surface area (Å²) in [7, 11) is -0.0299. The Labute approximate surface area is 147 Å². The number of carbonyl (C=O) groups excluding carboxylic acids is 1. The van der Waals surface area contributed by atoms with Crippen LogP contribution in [0.15, 0.2) is 42.5 Å². The normalized spacial score (nSPS) is 11.0. The molecule has 0 aliphatic carbocycles. The van der Waals surface area contributed by atoms with Crippen molar-refractivity contribution in [1.82, 2.24) is 5.32 Å². The minimum absolute atomic E-state index is 0.0960. The van der Waals surface area contributed by atoms with Crippen LogP contribution < -0.4 is 14.8 Å². The number of ether oxygens (including phenoxy) is 2. The van der Waals surface area contributed by atoms with Gasteiger partial charge in [0, 0.05) is 24.4 Å². The van der Waals surface area contributed by atoms with Gasteiger partial charge in [0.2, 0.25) is 0 Å². The average Bonchev–Trinajstić information content (AvgIpc) is 2.58. The summed E-state index contributed by atoms with van der Waals surface area (Å²) in [5, 5.41) is 2.81. The van der Waals surface area contributed by atoms with Crippen LogP contribution in [0.4, 0.5) is 0 Å². The molecular formula is C18H21NO5S. The summed E-state index contributed by atoms with van der Waals surface area (Å²) in [5.41, 5.74) is 1.83. The molecule has 6 nitrogen and oxygen atoms in total. The van der Waals surface area contributed by atoms with Gasteiger partial charge >= 0.3 is 0 Å². The second-order valence-electron chi connectivity index (χ2n) is 5.67. The molecule has 0 aliphatic rings. The molecule has 2 rings (SSSR count). The van der Waals surface area contributed by atoms with Crippen molar-refractivity contribution in [3.63, 3.8) is 0 Å². The number of rotatable bonds is 7. The first kappa shape index (κ1) is 18.8. The van der Waals surface area contributed by atoms with Crippen molar-refractivity contribution >= 4 is 15.7 Å². The van der Waals surface area contributed by atoms with Crippen molar-refractivity contribution in [2.24, 2.45) is 0 Å². The van der Waals surface area contributed by atoms with E-state index in [0.29, 0.717) is 29.2 Å². The van der Waals surface area contributed by atoms with E-state index in [-0.39, 0.29) is 11.7 Å². The fourth-order valence-electron chi connectivity index (χ4n) is 2.36. The summed E-state index contributed by atoms with van der Waals surface area (Å²) in [6.07, 6.45) is 1.16. The molecule has 0 saturated carbocycles. The number of carbonyl (C=O) groups is 1. The Morgan fingerprint density at radius 1 is 1.00 bits per heavy atom. The molecule has 0 bridgehead atoms. The first-order valence-corrected chi connectivity index (χ1v) is 9.63. The highest BCUT2D eigenvalue weighted by atomic mass is 32.2. The van der Waals surface area contributed by atoms with Crippen LogP contribution in [0.25, 0.3) is 0 Å². The van der Waals surface area contributed by atoms with Crippen LogP contribution in [0, 0.1) is 0 Å². The van der Waals surface area contributed by atoms with Gasteiger partial charge in [-0.1, -0.05) is 12.1 Å². The molecule has 2 aromatic carbocycles. The quantitative estimate of drug-likeness (QED) is 0.815. The number of nitrogens with one attached hydrogen (secondary N) is 1. The third-order valence-corrected chi connectivity index (χ3v) is 4.34. The summed E-state index contributed by atoms with van der Waals surface area (Å²) in [6.45, 7) is 0.294. The predicted molar refractivity (Wildman–Crippen MR) is 95.7 cm³/mol. The van der Waals surface area contributed by atoms with Gasteiger partial charge in [0.05, 0.1) is 20.0 Å². The molecule has 0 saturated heterocycles. The number of methoxy groups -OCH3 is 2. The third kappa shape index (κ3) is 5.79. The zero-order chi connectivity index (χ0) is 18.4. The molecule has 1 N–H and O–H groups in total. The molecule has 0 unspecified atom stereocenters. The summed E-state index contributed by atoms with van der Waals surface area (Å²) in [6, 6.07) is 12.0. The number of hydrogen-bond acceptors (Lipinski definition) is 5. The number of benzene rings is 2. The fraction of sp³-hybridized carbons (Fsp3) is 0.278. The second kappa shape index (κ2) is 8.02. The first-order chi connectivity index (χ1) is 11.8. The molecule has 25 heavy (non-hydrogen) atoms. The minimum Gasteiger partial charge on any atom is -0.497 e. The maximum Gasteiger partial charge on any atom is 0.251 e. The zero-order valence-corrected chi connectivity index (χ0v) is 15.2. The Morgan fingerprint density at radius 3 is 2.20 bits per heavy atom. The van der Waals surface area contributed by atoms with Crippen molar-refractivity contribution < 1.29 is 22.7 Å². The SMILES string of the molecule is COc1cc(CNC(=O)c2cccc(CS(C)(=O)=O)c2)cc(OC)c1. The molecule has 0 aliphatic heterocycles. The monoisotopic (exact) mass is 363 g/mol. The molecule has 0 aromatic heterocycles. The van der Waals surface area contributed by atoms with E-state index in [1.165, 1.54) is 0 Å². The standard InChI is InChI=1S/C18H21NO5S/c1-23-16-8-14(9-17(10-16)24-2)11-19-18(20)15-6-4-5-13(7-15)12-25(3,21)22/h4-10H,11-12H2,1-3H3,(H,19,20). The first-order valence-electron chi connectivity index (χ1n) is 7.57. The molecule has 0 spiro atoms. The van der Waals surface area contributed by atoms with Crippen molar-refractivity contribution in [1.29, 1.82) is 0 Å². The van der Waals surface area contributed by atoms with E-state index < -0.39 is 9.84 Å². The number of amides is 1. The van der Waals surface area contributed by atoms with E-state index >= 15 is 0 Å². The van der Waals surface area contributed by atoms with Gasteiger partial charge in [0.15, 0.2) is 9.84 Å². The smallest absolute Gasteiger partial charge is 0.251 e. The van der Waals surface area contributed by atoms with Crippen molar-refractivity contribution in [3.05, 3.63) is 59.2 Å². The highest BCUT2D eigenvalue weighted by Crippen LogP contribution is 2.22. The summed E-state index contributed by atoms with van der Waals surface area (Å²) >= 11 is 0. The van der Waals surface area contributed by atoms with Gasteiger partial charge in [0.25, 0.3) is 5.91 Å². The Balaban J connectivity index is 2.09. The van der Waals surface area contributed by atoms with E-state index in [1.807, 2.05) is 12.1 Å². The van der Waals surface area contributed by atoms with Crippen LogP contribution in [0.1, 0.15) is 21.5 Å². The van der Waals surface area contributed by atoms with Gasteiger partial charge in [-0.25, -0.2) is 8.42 Å². The van der Waals surface area contributed by atoms with Crippen LogP contribution in [0.3, 0.4) is 0 Å². The topological polar surface area (TPSA) is 81.7 Å². The highest BCUT2D eigenvalue weighted by molar-refractivity contribution is 7.89. The maximum absolute atomic E-state index is 12.3. The molecule has 134 valence electrons. The highest BCUT2D eigenvalue weighted by Gasteiger charge is 2.10. The predicted octanol–water partition coefficient (Wildman–Crippen LogP) is 2.18. The van der Waals surface area contributed by atoms with Crippen LogP contribution in [0.5, 0.6) is 11.5 Å².